The first-order valence-corrected chi connectivity index (χ1v) is 5.87. The van der Waals surface area contributed by atoms with Crippen molar-refractivity contribution in [1.82, 2.24) is 9.38 Å². The van der Waals surface area contributed by atoms with Gasteiger partial charge in [-0.15, -0.1) is 0 Å². The maximum absolute atomic E-state index is 12.3. The molecule has 0 aliphatic heterocycles. The van der Waals surface area contributed by atoms with Gasteiger partial charge >= 0.3 is 0 Å². The van der Waals surface area contributed by atoms with Crippen LogP contribution in [0, 0.1) is 11.3 Å². The van der Waals surface area contributed by atoms with Crippen molar-refractivity contribution in [2.45, 2.75) is 27.7 Å². The molecule has 0 aliphatic carbocycles. The Kier molecular flexibility index (Phi) is 2.77. The molecule has 0 saturated carbocycles. The molecule has 0 fully saturated rings. The Morgan fingerprint density at radius 2 is 2.06 bits per heavy atom. The number of carbonyl (C=O) groups is 1. The zero-order chi connectivity index (χ0) is 12.6. The van der Waals surface area contributed by atoms with Crippen LogP contribution in [0.2, 0.25) is 0 Å². The van der Waals surface area contributed by atoms with Gasteiger partial charge < -0.3 is 4.40 Å². The molecule has 2 aromatic rings. The Bertz CT molecular complexity index is 516. The van der Waals surface area contributed by atoms with E-state index in [1.54, 1.807) is 6.20 Å². The van der Waals surface area contributed by atoms with Crippen LogP contribution in [0.1, 0.15) is 38.2 Å². The van der Waals surface area contributed by atoms with Crippen LogP contribution in [-0.2, 0) is 0 Å². The molecule has 0 saturated heterocycles. The molecular formula is C14H18N2O. The summed E-state index contributed by atoms with van der Waals surface area (Å²) in [5.74, 6) is 0.0774. The number of pyridine rings is 1. The van der Waals surface area contributed by atoms with Gasteiger partial charge in [-0.3, -0.25) is 4.79 Å². The summed E-state index contributed by atoms with van der Waals surface area (Å²) in [7, 11) is 0. The molecule has 3 nitrogen and oxygen atoms in total. The van der Waals surface area contributed by atoms with Crippen LogP contribution in [-0.4, -0.2) is 15.2 Å². The number of hydrogen-bond acceptors (Lipinski definition) is 2. The van der Waals surface area contributed by atoms with Gasteiger partial charge in [0.2, 0.25) is 0 Å². The molecule has 2 aromatic heterocycles. The standard InChI is InChI=1S/C14H18N2O/c1-10(14(2,3)4)13(17)11-9-16-8-6-5-7-12(16)15-11/h5-10H,1-4H3. The highest BCUT2D eigenvalue weighted by Crippen LogP contribution is 2.28. The second-order valence-corrected chi connectivity index (χ2v) is 5.54. The second-order valence-electron chi connectivity index (χ2n) is 5.54. The van der Waals surface area contributed by atoms with Gasteiger partial charge in [0.1, 0.15) is 11.3 Å². The third kappa shape index (κ3) is 2.23. The molecule has 0 N–H and O–H groups in total. The normalized spacial score (nSPS) is 13.9. The fourth-order valence-electron chi connectivity index (χ4n) is 1.67. The minimum Gasteiger partial charge on any atom is -0.306 e. The third-order valence-electron chi connectivity index (χ3n) is 3.31. The Labute approximate surface area is 101 Å². The van der Waals surface area contributed by atoms with Crippen molar-refractivity contribution in [1.29, 1.82) is 0 Å². The number of Topliss-reactive ketones (excluding diaryl/α,β-unsaturated/α-hetero) is 1. The fourth-order valence-corrected chi connectivity index (χ4v) is 1.67. The smallest absolute Gasteiger partial charge is 0.186 e. The van der Waals surface area contributed by atoms with E-state index in [1.165, 1.54) is 0 Å². The molecule has 2 heterocycles. The number of carbonyl (C=O) groups excluding carboxylic acids is 1. The van der Waals surface area contributed by atoms with Crippen LogP contribution in [0.3, 0.4) is 0 Å². The van der Waals surface area contributed by atoms with Gasteiger partial charge in [-0.05, 0) is 17.5 Å². The summed E-state index contributed by atoms with van der Waals surface area (Å²) in [5.41, 5.74) is 1.34. The number of nitrogens with zero attached hydrogens (tertiary/aromatic N) is 2. The van der Waals surface area contributed by atoms with Crippen LogP contribution in [0.25, 0.3) is 5.65 Å². The monoisotopic (exact) mass is 230 g/mol. The molecular weight excluding hydrogens is 212 g/mol. The Hall–Kier alpha value is -1.64. The van der Waals surface area contributed by atoms with E-state index in [0.29, 0.717) is 5.69 Å². The summed E-state index contributed by atoms with van der Waals surface area (Å²) in [6.45, 7) is 8.19. The van der Waals surface area contributed by atoms with Crippen LogP contribution >= 0.6 is 0 Å². The van der Waals surface area contributed by atoms with E-state index in [-0.39, 0.29) is 17.1 Å². The predicted octanol–water partition coefficient (Wildman–Crippen LogP) is 3.20. The number of rotatable bonds is 2. The summed E-state index contributed by atoms with van der Waals surface area (Å²) >= 11 is 0. The van der Waals surface area contributed by atoms with Gasteiger partial charge in [-0.1, -0.05) is 33.8 Å². The Morgan fingerprint density at radius 1 is 1.35 bits per heavy atom. The molecule has 3 heteroatoms. The lowest BCUT2D eigenvalue weighted by molar-refractivity contribution is 0.0835. The number of aromatic nitrogens is 2. The first-order valence-electron chi connectivity index (χ1n) is 5.87. The molecule has 17 heavy (non-hydrogen) atoms. The van der Waals surface area contributed by atoms with Crippen molar-refractivity contribution in [3.8, 4) is 0 Å². The van der Waals surface area contributed by atoms with Gasteiger partial charge in [-0.25, -0.2) is 4.98 Å². The molecule has 1 atom stereocenters. The minimum absolute atomic E-state index is 0.0348. The van der Waals surface area contributed by atoms with E-state index >= 15 is 0 Å². The molecule has 0 bridgehead atoms. The van der Waals surface area contributed by atoms with E-state index in [0.717, 1.165) is 5.65 Å². The number of imidazole rings is 1. The zero-order valence-corrected chi connectivity index (χ0v) is 10.8. The molecule has 0 spiro atoms. The van der Waals surface area contributed by atoms with E-state index in [1.807, 2.05) is 35.7 Å². The maximum atomic E-state index is 12.3. The number of hydrogen-bond donors (Lipinski definition) is 0. The highest BCUT2D eigenvalue weighted by Gasteiger charge is 2.28. The third-order valence-corrected chi connectivity index (χ3v) is 3.31. The van der Waals surface area contributed by atoms with Gasteiger partial charge in [0.25, 0.3) is 0 Å². The summed E-state index contributed by atoms with van der Waals surface area (Å²) in [6.07, 6.45) is 3.71. The lowest BCUT2D eigenvalue weighted by Crippen LogP contribution is -2.26. The van der Waals surface area contributed by atoms with E-state index in [9.17, 15) is 4.79 Å². The van der Waals surface area contributed by atoms with Gasteiger partial charge in [0, 0.05) is 18.3 Å². The zero-order valence-electron chi connectivity index (χ0n) is 10.8. The minimum atomic E-state index is -0.0348. The lowest BCUT2D eigenvalue weighted by Gasteiger charge is -2.24. The SMILES string of the molecule is CC(C(=O)c1cn2ccccc2n1)C(C)(C)C. The van der Waals surface area contributed by atoms with Crippen LogP contribution in [0.15, 0.2) is 30.6 Å². The van der Waals surface area contributed by atoms with E-state index < -0.39 is 0 Å². The molecule has 0 aliphatic rings. The van der Waals surface area contributed by atoms with Crippen molar-refractivity contribution in [2.24, 2.45) is 11.3 Å². The average molecular weight is 230 g/mol. The summed E-state index contributed by atoms with van der Waals surface area (Å²) in [4.78, 5) is 16.6. The lowest BCUT2D eigenvalue weighted by atomic mass is 9.79. The fraction of sp³-hybridized carbons (Fsp3) is 0.429. The van der Waals surface area contributed by atoms with Gasteiger partial charge in [-0.2, -0.15) is 0 Å². The highest BCUT2D eigenvalue weighted by molar-refractivity contribution is 5.96. The summed E-state index contributed by atoms with van der Waals surface area (Å²) in [5, 5.41) is 0. The quantitative estimate of drug-likeness (QED) is 0.742. The summed E-state index contributed by atoms with van der Waals surface area (Å²) < 4.78 is 1.88. The molecule has 1 unspecified atom stereocenters. The molecule has 0 amide bonds. The first kappa shape index (κ1) is 11.8. The van der Waals surface area contributed by atoms with Gasteiger partial charge in [0.15, 0.2) is 5.78 Å². The average Bonchev–Trinajstić information content (AvgIpc) is 2.69. The second kappa shape index (κ2) is 3.99. The van der Waals surface area contributed by atoms with Crippen LogP contribution in [0.5, 0.6) is 0 Å². The molecule has 90 valence electrons. The Morgan fingerprint density at radius 3 is 2.65 bits per heavy atom. The first-order chi connectivity index (χ1) is 7.89. The molecule has 2 rings (SSSR count). The molecule has 0 radical (unpaired) electrons. The van der Waals surface area contributed by atoms with Crippen molar-refractivity contribution in [3.05, 3.63) is 36.3 Å². The number of ketones is 1. The van der Waals surface area contributed by atoms with Crippen molar-refractivity contribution in [3.63, 3.8) is 0 Å². The number of fused-ring (bicyclic) bond motifs is 1. The topological polar surface area (TPSA) is 34.4 Å². The highest BCUT2D eigenvalue weighted by atomic mass is 16.1. The van der Waals surface area contributed by atoms with Gasteiger partial charge in [0.05, 0.1) is 0 Å². The predicted molar refractivity (Wildman–Crippen MR) is 68.1 cm³/mol. The van der Waals surface area contributed by atoms with E-state index in [2.05, 4.69) is 25.8 Å². The largest absolute Gasteiger partial charge is 0.306 e. The van der Waals surface area contributed by atoms with Crippen LogP contribution < -0.4 is 0 Å². The Balaban J connectivity index is 2.37. The van der Waals surface area contributed by atoms with Crippen LogP contribution in [0.4, 0.5) is 0 Å². The van der Waals surface area contributed by atoms with E-state index in [4.69, 9.17) is 0 Å². The maximum Gasteiger partial charge on any atom is 0.186 e. The van der Waals surface area contributed by atoms with Crippen molar-refractivity contribution < 1.29 is 4.79 Å². The molecule has 0 aromatic carbocycles. The summed E-state index contributed by atoms with van der Waals surface area (Å²) in [6, 6.07) is 5.75. The van der Waals surface area contributed by atoms with Crippen molar-refractivity contribution >= 4 is 11.4 Å². The van der Waals surface area contributed by atoms with Crippen molar-refractivity contribution in [2.75, 3.05) is 0 Å².